The van der Waals surface area contributed by atoms with E-state index >= 15 is 0 Å². The highest BCUT2D eigenvalue weighted by molar-refractivity contribution is 6.30. The summed E-state index contributed by atoms with van der Waals surface area (Å²) in [5.74, 6) is -0.845. The Bertz CT molecular complexity index is 748. The van der Waals surface area contributed by atoms with Crippen molar-refractivity contribution in [2.75, 3.05) is 10.6 Å². The van der Waals surface area contributed by atoms with Crippen LogP contribution in [0.3, 0.4) is 0 Å². The van der Waals surface area contributed by atoms with E-state index in [0.29, 0.717) is 5.02 Å². The molecule has 23 heavy (non-hydrogen) atoms. The van der Waals surface area contributed by atoms with E-state index in [1.807, 2.05) is 6.07 Å². The molecule has 3 rings (SSSR count). The van der Waals surface area contributed by atoms with Crippen LogP contribution in [0.2, 0.25) is 5.02 Å². The zero-order valence-electron chi connectivity index (χ0n) is 12.8. The first-order chi connectivity index (χ1) is 11.0. The summed E-state index contributed by atoms with van der Waals surface area (Å²) in [6.07, 6.45) is 3.40. The molecule has 0 fully saturated rings. The second-order valence-corrected chi connectivity index (χ2v) is 6.25. The van der Waals surface area contributed by atoms with E-state index in [2.05, 4.69) is 22.8 Å². The van der Waals surface area contributed by atoms with E-state index in [0.717, 1.165) is 18.5 Å². The van der Waals surface area contributed by atoms with Gasteiger partial charge in [0.25, 0.3) is 0 Å². The van der Waals surface area contributed by atoms with Crippen molar-refractivity contribution >= 4 is 28.9 Å². The van der Waals surface area contributed by atoms with Crippen LogP contribution in [-0.2, 0) is 17.6 Å². The Morgan fingerprint density at radius 3 is 2.74 bits per heavy atom. The number of benzene rings is 2. The van der Waals surface area contributed by atoms with E-state index < -0.39 is 11.9 Å². The van der Waals surface area contributed by atoms with Crippen LogP contribution in [0.5, 0.6) is 0 Å². The van der Waals surface area contributed by atoms with E-state index in [-0.39, 0.29) is 11.6 Å². The van der Waals surface area contributed by atoms with Gasteiger partial charge < -0.3 is 10.6 Å². The van der Waals surface area contributed by atoms with Crippen molar-refractivity contribution in [3.8, 4) is 0 Å². The molecule has 0 saturated carbocycles. The van der Waals surface area contributed by atoms with Crippen molar-refractivity contribution in [1.29, 1.82) is 0 Å². The van der Waals surface area contributed by atoms with Crippen LogP contribution >= 0.6 is 11.6 Å². The molecule has 1 atom stereocenters. The third-order valence-electron chi connectivity index (χ3n) is 4.06. The van der Waals surface area contributed by atoms with Crippen LogP contribution in [0, 0.1) is 5.82 Å². The maximum Gasteiger partial charge on any atom is 0.246 e. The minimum absolute atomic E-state index is 0.127. The smallest absolute Gasteiger partial charge is 0.246 e. The molecule has 0 aliphatic heterocycles. The lowest BCUT2D eigenvalue weighted by Crippen LogP contribution is -2.32. The normalized spacial score (nSPS) is 14.2. The number of aryl methyl sites for hydroxylation is 2. The lowest BCUT2D eigenvalue weighted by Gasteiger charge is -2.16. The first-order valence-corrected chi connectivity index (χ1v) is 8.05. The van der Waals surface area contributed by atoms with Crippen LogP contribution < -0.4 is 10.6 Å². The maximum atomic E-state index is 13.7. The molecule has 0 bridgehead atoms. The maximum absolute atomic E-state index is 13.7. The van der Waals surface area contributed by atoms with Crippen molar-refractivity contribution in [2.45, 2.75) is 32.2 Å². The molecule has 0 spiro atoms. The van der Waals surface area contributed by atoms with Gasteiger partial charge in [-0.15, -0.1) is 0 Å². The molecule has 2 aromatic rings. The van der Waals surface area contributed by atoms with Gasteiger partial charge in [-0.1, -0.05) is 17.7 Å². The number of hydrogen-bond acceptors (Lipinski definition) is 2. The van der Waals surface area contributed by atoms with Crippen LogP contribution in [0.4, 0.5) is 15.8 Å². The summed E-state index contributed by atoms with van der Waals surface area (Å²) in [6, 6.07) is 9.87. The predicted octanol–water partition coefficient (Wildman–Crippen LogP) is 4.41. The second-order valence-electron chi connectivity index (χ2n) is 5.82. The van der Waals surface area contributed by atoms with Crippen molar-refractivity contribution in [3.63, 3.8) is 0 Å². The zero-order chi connectivity index (χ0) is 16.4. The number of anilines is 2. The number of carbonyl (C=O) groups excluding carboxylic acids is 1. The third kappa shape index (κ3) is 3.64. The largest absolute Gasteiger partial charge is 0.374 e. The predicted molar refractivity (Wildman–Crippen MR) is 91.6 cm³/mol. The number of nitrogens with one attached hydrogen (secondary N) is 2. The van der Waals surface area contributed by atoms with Gasteiger partial charge in [0.2, 0.25) is 5.91 Å². The Balaban J connectivity index is 1.65. The second kappa shape index (κ2) is 6.59. The third-order valence-corrected chi connectivity index (χ3v) is 4.30. The number of carbonyl (C=O) groups is 1. The average molecular weight is 333 g/mol. The summed E-state index contributed by atoms with van der Waals surface area (Å²) in [4.78, 5) is 12.2. The monoisotopic (exact) mass is 332 g/mol. The van der Waals surface area contributed by atoms with Gasteiger partial charge in [-0.3, -0.25) is 4.79 Å². The Hall–Kier alpha value is -2.07. The van der Waals surface area contributed by atoms with Gasteiger partial charge in [0.1, 0.15) is 11.9 Å². The van der Waals surface area contributed by atoms with E-state index in [1.165, 1.54) is 29.7 Å². The van der Waals surface area contributed by atoms with Gasteiger partial charge in [-0.25, -0.2) is 4.39 Å². The fourth-order valence-electron chi connectivity index (χ4n) is 2.81. The minimum Gasteiger partial charge on any atom is -0.374 e. The van der Waals surface area contributed by atoms with Gasteiger partial charge in [0.05, 0.1) is 5.69 Å². The molecule has 0 heterocycles. The van der Waals surface area contributed by atoms with E-state index in [1.54, 1.807) is 13.0 Å². The fraction of sp³-hybridized carbons (Fsp3) is 0.278. The Morgan fingerprint density at radius 1 is 1.17 bits per heavy atom. The first-order valence-electron chi connectivity index (χ1n) is 7.67. The van der Waals surface area contributed by atoms with E-state index in [4.69, 9.17) is 11.6 Å². The molecule has 3 nitrogen and oxygen atoms in total. The first kappa shape index (κ1) is 15.8. The summed E-state index contributed by atoms with van der Waals surface area (Å²) in [5.41, 5.74) is 3.76. The Labute approximate surface area is 139 Å². The summed E-state index contributed by atoms with van der Waals surface area (Å²) in [5, 5.41) is 6.03. The zero-order valence-corrected chi connectivity index (χ0v) is 13.6. The van der Waals surface area contributed by atoms with Crippen LogP contribution in [-0.4, -0.2) is 11.9 Å². The minimum atomic E-state index is -0.546. The summed E-state index contributed by atoms with van der Waals surface area (Å²) >= 11 is 5.70. The standard InChI is InChI=1S/C18H18ClFN2O/c1-11(18(23)22-17-8-6-14(19)10-16(17)20)21-15-7-5-12-3-2-4-13(12)9-15/h5-11,21H,2-4H2,1H3,(H,22,23). The molecule has 1 aliphatic rings. The molecule has 0 saturated heterocycles. The summed E-state index contributed by atoms with van der Waals surface area (Å²) in [6.45, 7) is 1.75. The SMILES string of the molecule is CC(Nc1ccc2c(c1)CCC2)C(=O)Nc1ccc(Cl)cc1F. The lowest BCUT2D eigenvalue weighted by molar-refractivity contribution is -0.116. The number of hydrogen-bond donors (Lipinski definition) is 2. The van der Waals surface area contributed by atoms with Gasteiger partial charge in [0, 0.05) is 10.7 Å². The number of halogens is 2. The number of rotatable bonds is 4. The Morgan fingerprint density at radius 2 is 1.96 bits per heavy atom. The van der Waals surface area contributed by atoms with Crippen molar-refractivity contribution < 1.29 is 9.18 Å². The average Bonchev–Trinajstić information content (AvgIpc) is 2.97. The molecule has 1 amide bonds. The molecule has 2 N–H and O–H groups in total. The highest BCUT2D eigenvalue weighted by Crippen LogP contribution is 2.25. The molecule has 0 radical (unpaired) electrons. The Kier molecular flexibility index (Phi) is 4.53. The van der Waals surface area contributed by atoms with E-state index in [9.17, 15) is 9.18 Å². The van der Waals surface area contributed by atoms with Gasteiger partial charge >= 0.3 is 0 Å². The van der Waals surface area contributed by atoms with Crippen LogP contribution in [0.15, 0.2) is 36.4 Å². The quantitative estimate of drug-likeness (QED) is 0.871. The van der Waals surface area contributed by atoms with Crippen LogP contribution in [0.1, 0.15) is 24.5 Å². The summed E-state index contributed by atoms with van der Waals surface area (Å²) < 4.78 is 13.7. The van der Waals surface area contributed by atoms with Crippen molar-refractivity contribution in [2.24, 2.45) is 0 Å². The topological polar surface area (TPSA) is 41.1 Å². The lowest BCUT2D eigenvalue weighted by atomic mass is 10.1. The van der Waals surface area contributed by atoms with Gasteiger partial charge in [-0.2, -0.15) is 0 Å². The fourth-order valence-corrected chi connectivity index (χ4v) is 2.97. The summed E-state index contributed by atoms with van der Waals surface area (Å²) in [7, 11) is 0. The van der Waals surface area contributed by atoms with Crippen molar-refractivity contribution in [1.82, 2.24) is 0 Å². The molecule has 2 aromatic carbocycles. The molecular weight excluding hydrogens is 315 g/mol. The molecule has 1 aliphatic carbocycles. The molecule has 1 unspecified atom stereocenters. The molecule has 0 aromatic heterocycles. The number of fused-ring (bicyclic) bond motifs is 1. The van der Waals surface area contributed by atoms with Crippen molar-refractivity contribution in [3.05, 3.63) is 58.4 Å². The van der Waals surface area contributed by atoms with Crippen LogP contribution in [0.25, 0.3) is 0 Å². The highest BCUT2D eigenvalue weighted by atomic mass is 35.5. The number of amides is 1. The van der Waals surface area contributed by atoms with Gasteiger partial charge in [0.15, 0.2) is 0 Å². The highest BCUT2D eigenvalue weighted by Gasteiger charge is 2.16. The molecule has 5 heteroatoms. The molecular formula is C18H18ClFN2O. The molecule has 120 valence electrons. The van der Waals surface area contributed by atoms with Gasteiger partial charge in [-0.05, 0) is 67.6 Å².